The van der Waals surface area contributed by atoms with Gasteiger partial charge in [-0.15, -0.1) is 0 Å². The van der Waals surface area contributed by atoms with Gasteiger partial charge in [0, 0.05) is 36.2 Å². The minimum Gasteiger partial charge on any atom is -0.345 e. The molecular weight excluding hydrogens is 262 g/mol. The van der Waals surface area contributed by atoms with Gasteiger partial charge in [0.05, 0.1) is 5.69 Å². The molecule has 1 N–H and O–H groups in total. The highest BCUT2D eigenvalue weighted by molar-refractivity contribution is 5.80. The Morgan fingerprint density at radius 1 is 1.29 bits per heavy atom. The zero-order chi connectivity index (χ0) is 15.0. The van der Waals surface area contributed by atoms with E-state index in [1.54, 1.807) is 0 Å². The first-order valence-electron chi connectivity index (χ1n) is 7.47. The molecule has 0 spiro atoms. The zero-order valence-corrected chi connectivity index (χ0v) is 12.8. The van der Waals surface area contributed by atoms with E-state index in [9.17, 15) is 4.79 Å². The van der Waals surface area contributed by atoms with Gasteiger partial charge in [-0.05, 0) is 20.8 Å². The molecule has 0 bridgehead atoms. The summed E-state index contributed by atoms with van der Waals surface area (Å²) in [6.07, 6.45) is 0.555. The van der Waals surface area contributed by atoms with Crippen LogP contribution in [0.25, 0.3) is 11.3 Å². The smallest absolute Gasteiger partial charge is 0.223 e. The predicted molar refractivity (Wildman–Crippen MR) is 83.0 cm³/mol. The van der Waals surface area contributed by atoms with Gasteiger partial charge in [-0.3, -0.25) is 4.79 Å². The Bertz CT molecular complexity index is 645. The number of nitrogens with one attached hydrogen (secondary N) is 1. The highest BCUT2D eigenvalue weighted by atomic mass is 16.2. The molecule has 1 aromatic heterocycles. The van der Waals surface area contributed by atoms with Crippen molar-refractivity contribution in [2.75, 3.05) is 6.54 Å². The van der Waals surface area contributed by atoms with Gasteiger partial charge in [0.1, 0.15) is 5.82 Å². The number of hydrogen-bond donors (Lipinski definition) is 1. The third-order valence-electron chi connectivity index (χ3n) is 4.12. The normalized spacial score (nSPS) is 18.8. The number of carbonyl (C=O) groups is 1. The number of rotatable bonds is 3. The van der Waals surface area contributed by atoms with Crippen LogP contribution in [-0.2, 0) is 4.79 Å². The zero-order valence-electron chi connectivity index (χ0n) is 12.8. The molecular formula is C17H21N3O. The van der Waals surface area contributed by atoms with E-state index in [1.165, 1.54) is 0 Å². The Balaban J connectivity index is 1.87. The summed E-state index contributed by atoms with van der Waals surface area (Å²) in [6, 6.07) is 10.4. The highest BCUT2D eigenvalue weighted by Gasteiger charge is 2.34. The molecule has 0 aliphatic carbocycles. The SMILES string of the molecule is Cc1[nH]c(C2CC(=O)N(C(C)C)C2)nc1-c1ccccc1. The summed E-state index contributed by atoms with van der Waals surface area (Å²) in [5.74, 6) is 1.34. The Morgan fingerprint density at radius 2 is 2.00 bits per heavy atom. The maximum absolute atomic E-state index is 12.0. The van der Waals surface area contributed by atoms with Crippen molar-refractivity contribution in [3.8, 4) is 11.3 Å². The predicted octanol–water partition coefficient (Wildman–Crippen LogP) is 3.11. The Hall–Kier alpha value is -2.10. The van der Waals surface area contributed by atoms with Gasteiger partial charge in [0.25, 0.3) is 0 Å². The highest BCUT2D eigenvalue weighted by Crippen LogP contribution is 2.30. The second-order valence-electron chi connectivity index (χ2n) is 6.00. The van der Waals surface area contributed by atoms with Crippen molar-refractivity contribution in [2.45, 2.75) is 39.2 Å². The third-order valence-corrected chi connectivity index (χ3v) is 4.12. The summed E-state index contributed by atoms with van der Waals surface area (Å²) in [6.45, 7) is 6.92. The molecule has 1 saturated heterocycles. The molecule has 21 heavy (non-hydrogen) atoms. The van der Waals surface area contributed by atoms with E-state index in [2.05, 4.69) is 31.0 Å². The standard InChI is InChI=1S/C17H21N3O/c1-11(2)20-10-14(9-15(20)21)17-18-12(3)16(19-17)13-7-5-4-6-8-13/h4-8,11,14H,9-10H2,1-3H3,(H,18,19). The molecule has 110 valence electrons. The number of aromatic nitrogens is 2. The van der Waals surface area contributed by atoms with Gasteiger partial charge in [-0.2, -0.15) is 0 Å². The van der Waals surface area contributed by atoms with Gasteiger partial charge >= 0.3 is 0 Å². The number of aryl methyl sites for hydroxylation is 1. The van der Waals surface area contributed by atoms with Crippen LogP contribution >= 0.6 is 0 Å². The molecule has 1 aromatic carbocycles. The van der Waals surface area contributed by atoms with Crippen molar-refractivity contribution < 1.29 is 4.79 Å². The first-order valence-corrected chi connectivity index (χ1v) is 7.47. The molecule has 1 amide bonds. The second kappa shape index (κ2) is 5.35. The van der Waals surface area contributed by atoms with E-state index in [0.717, 1.165) is 29.3 Å². The van der Waals surface area contributed by atoms with Crippen LogP contribution in [0.4, 0.5) is 0 Å². The minimum absolute atomic E-state index is 0.177. The minimum atomic E-state index is 0.177. The Labute approximate surface area is 125 Å². The molecule has 1 aliphatic heterocycles. The number of carbonyl (C=O) groups excluding carboxylic acids is 1. The number of nitrogens with zero attached hydrogens (tertiary/aromatic N) is 2. The number of hydrogen-bond acceptors (Lipinski definition) is 2. The number of benzene rings is 1. The number of amides is 1. The number of imidazole rings is 1. The van der Waals surface area contributed by atoms with E-state index < -0.39 is 0 Å². The monoisotopic (exact) mass is 283 g/mol. The number of aromatic amines is 1. The number of likely N-dealkylation sites (tertiary alicyclic amines) is 1. The van der Waals surface area contributed by atoms with Gasteiger partial charge in [0.15, 0.2) is 0 Å². The summed E-state index contributed by atoms with van der Waals surface area (Å²) in [4.78, 5) is 22.1. The average Bonchev–Trinajstić information content (AvgIpc) is 3.03. The van der Waals surface area contributed by atoms with Crippen LogP contribution in [0.2, 0.25) is 0 Å². The van der Waals surface area contributed by atoms with Crippen molar-refractivity contribution in [3.05, 3.63) is 41.9 Å². The molecule has 3 rings (SSSR count). The van der Waals surface area contributed by atoms with Crippen LogP contribution in [0.5, 0.6) is 0 Å². The number of H-pyrrole nitrogens is 1. The van der Waals surface area contributed by atoms with E-state index >= 15 is 0 Å². The van der Waals surface area contributed by atoms with Gasteiger partial charge in [0.2, 0.25) is 5.91 Å². The Kier molecular flexibility index (Phi) is 3.53. The van der Waals surface area contributed by atoms with Crippen LogP contribution in [0.1, 0.15) is 37.7 Å². The molecule has 2 aromatic rings. The van der Waals surface area contributed by atoms with E-state index in [-0.39, 0.29) is 17.9 Å². The van der Waals surface area contributed by atoms with Crippen molar-refractivity contribution in [1.82, 2.24) is 14.9 Å². The molecule has 0 radical (unpaired) electrons. The molecule has 1 fully saturated rings. The summed E-state index contributed by atoms with van der Waals surface area (Å²) in [5, 5.41) is 0. The lowest BCUT2D eigenvalue weighted by Gasteiger charge is -2.20. The van der Waals surface area contributed by atoms with Crippen molar-refractivity contribution in [2.24, 2.45) is 0 Å². The van der Waals surface area contributed by atoms with E-state index in [4.69, 9.17) is 4.98 Å². The van der Waals surface area contributed by atoms with Crippen molar-refractivity contribution in [3.63, 3.8) is 0 Å². The molecule has 0 saturated carbocycles. The Morgan fingerprint density at radius 3 is 2.62 bits per heavy atom. The molecule has 4 heteroatoms. The molecule has 4 nitrogen and oxygen atoms in total. The van der Waals surface area contributed by atoms with E-state index in [1.807, 2.05) is 30.0 Å². The largest absolute Gasteiger partial charge is 0.345 e. The lowest BCUT2D eigenvalue weighted by molar-refractivity contribution is -0.129. The van der Waals surface area contributed by atoms with Gasteiger partial charge in [-0.1, -0.05) is 30.3 Å². The van der Waals surface area contributed by atoms with Crippen LogP contribution in [0.3, 0.4) is 0 Å². The maximum Gasteiger partial charge on any atom is 0.223 e. The fraction of sp³-hybridized carbons (Fsp3) is 0.412. The summed E-state index contributed by atoms with van der Waals surface area (Å²) in [5.41, 5.74) is 3.16. The summed E-state index contributed by atoms with van der Waals surface area (Å²) < 4.78 is 0. The molecule has 1 aliphatic rings. The van der Waals surface area contributed by atoms with Crippen molar-refractivity contribution in [1.29, 1.82) is 0 Å². The van der Waals surface area contributed by atoms with Gasteiger partial charge < -0.3 is 9.88 Å². The molecule has 2 heterocycles. The lowest BCUT2D eigenvalue weighted by Crippen LogP contribution is -2.31. The van der Waals surface area contributed by atoms with Crippen molar-refractivity contribution >= 4 is 5.91 Å². The first kappa shape index (κ1) is 13.9. The topological polar surface area (TPSA) is 49.0 Å². The van der Waals surface area contributed by atoms with E-state index in [0.29, 0.717) is 6.42 Å². The van der Waals surface area contributed by atoms with Crippen LogP contribution in [-0.4, -0.2) is 33.4 Å². The first-order chi connectivity index (χ1) is 10.1. The quantitative estimate of drug-likeness (QED) is 0.941. The van der Waals surface area contributed by atoms with Gasteiger partial charge in [-0.25, -0.2) is 4.98 Å². The lowest BCUT2D eigenvalue weighted by atomic mass is 10.1. The average molecular weight is 283 g/mol. The summed E-state index contributed by atoms with van der Waals surface area (Å²) in [7, 11) is 0. The van der Waals surface area contributed by atoms with Crippen LogP contribution in [0.15, 0.2) is 30.3 Å². The molecule has 1 atom stereocenters. The summed E-state index contributed by atoms with van der Waals surface area (Å²) >= 11 is 0. The van der Waals surface area contributed by atoms with Crippen LogP contribution < -0.4 is 0 Å². The fourth-order valence-corrected chi connectivity index (χ4v) is 2.97. The molecule has 1 unspecified atom stereocenters. The second-order valence-corrected chi connectivity index (χ2v) is 6.00. The maximum atomic E-state index is 12.0. The third kappa shape index (κ3) is 2.58. The fourth-order valence-electron chi connectivity index (χ4n) is 2.97. The van der Waals surface area contributed by atoms with Crippen LogP contribution in [0, 0.1) is 6.92 Å².